The van der Waals surface area contributed by atoms with Crippen LogP contribution in [0.25, 0.3) is 0 Å². The fourth-order valence-corrected chi connectivity index (χ4v) is 3.15. The first kappa shape index (κ1) is 18.1. The standard InChI is InChI=1S/C21H26N2O3/c1-2-13-23(21(24)12-11-16-7-3-4-8-18(16)22)14-17-15-25-19-9-5-6-10-20(19)26-17/h3-10,17H,2,11-15,22H2,1H3. The van der Waals surface area contributed by atoms with Crippen molar-refractivity contribution in [1.29, 1.82) is 0 Å². The van der Waals surface area contributed by atoms with Gasteiger partial charge in [-0.3, -0.25) is 4.79 Å². The number of fused-ring (bicyclic) bond motifs is 1. The molecule has 0 saturated carbocycles. The number of amides is 1. The maximum Gasteiger partial charge on any atom is 0.223 e. The van der Waals surface area contributed by atoms with Crippen LogP contribution in [0.3, 0.4) is 0 Å². The van der Waals surface area contributed by atoms with Gasteiger partial charge in [0.1, 0.15) is 6.61 Å². The predicted molar refractivity (Wildman–Crippen MR) is 102 cm³/mol. The van der Waals surface area contributed by atoms with Gasteiger partial charge in [-0.25, -0.2) is 0 Å². The second-order valence-corrected chi connectivity index (χ2v) is 6.54. The number of hydrogen-bond donors (Lipinski definition) is 1. The minimum Gasteiger partial charge on any atom is -0.486 e. The molecular weight excluding hydrogens is 328 g/mol. The molecule has 0 bridgehead atoms. The molecule has 26 heavy (non-hydrogen) atoms. The summed E-state index contributed by atoms with van der Waals surface area (Å²) in [5, 5.41) is 0. The fourth-order valence-electron chi connectivity index (χ4n) is 3.15. The number of carbonyl (C=O) groups is 1. The summed E-state index contributed by atoms with van der Waals surface area (Å²) in [5.74, 6) is 1.62. The highest BCUT2D eigenvalue weighted by atomic mass is 16.6. The van der Waals surface area contributed by atoms with Crippen LogP contribution in [0.2, 0.25) is 0 Å². The first-order chi connectivity index (χ1) is 12.7. The number of hydrogen-bond acceptors (Lipinski definition) is 4. The van der Waals surface area contributed by atoms with Gasteiger partial charge >= 0.3 is 0 Å². The van der Waals surface area contributed by atoms with Crippen molar-refractivity contribution in [3.05, 3.63) is 54.1 Å². The molecule has 1 aliphatic rings. The van der Waals surface area contributed by atoms with E-state index in [0.717, 1.165) is 29.2 Å². The Balaban J connectivity index is 1.58. The first-order valence-corrected chi connectivity index (χ1v) is 9.17. The molecule has 0 aliphatic carbocycles. The molecule has 1 heterocycles. The topological polar surface area (TPSA) is 64.8 Å². The van der Waals surface area contributed by atoms with Gasteiger partial charge in [-0.2, -0.15) is 0 Å². The van der Waals surface area contributed by atoms with Gasteiger partial charge in [0.25, 0.3) is 0 Å². The summed E-state index contributed by atoms with van der Waals surface area (Å²) in [6.07, 6.45) is 1.85. The normalized spacial score (nSPS) is 15.5. The number of anilines is 1. The molecule has 5 heteroatoms. The number of rotatable bonds is 7. The highest BCUT2D eigenvalue weighted by molar-refractivity contribution is 5.76. The van der Waals surface area contributed by atoms with Crippen molar-refractivity contribution >= 4 is 11.6 Å². The Bertz CT molecular complexity index is 748. The van der Waals surface area contributed by atoms with E-state index in [1.807, 2.05) is 53.4 Å². The summed E-state index contributed by atoms with van der Waals surface area (Å²) in [6.45, 7) is 3.77. The molecule has 1 atom stereocenters. The molecule has 2 aromatic rings. The Morgan fingerprint density at radius 2 is 1.88 bits per heavy atom. The molecule has 0 aromatic heterocycles. The highest BCUT2D eigenvalue weighted by Crippen LogP contribution is 2.31. The highest BCUT2D eigenvalue weighted by Gasteiger charge is 2.25. The molecule has 1 amide bonds. The van der Waals surface area contributed by atoms with E-state index in [9.17, 15) is 4.79 Å². The van der Waals surface area contributed by atoms with E-state index in [2.05, 4.69) is 6.92 Å². The number of nitrogens with two attached hydrogens (primary N) is 1. The van der Waals surface area contributed by atoms with Crippen molar-refractivity contribution in [3.63, 3.8) is 0 Å². The molecule has 138 valence electrons. The van der Waals surface area contributed by atoms with Crippen molar-refractivity contribution in [2.75, 3.05) is 25.4 Å². The SMILES string of the molecule is CCCN(CC1COc2ccccc2O1)C(=O)CCc1ccccc1N. The number of aryl methyl sites for hydroxylation is 1. The maximum absolute atomic E-state index is 12.7. The zero-order valence-corrected chi connectivity index (χ0v) is 15.2. The summed E-state index contributed by atoms with van der Waals surface area (Å²) in [5.41, 5.74) is 7.73. The van der Waals surface area contributed by atoms with Gasteiger partial charge in [-0.05, 0) is 36.6 Å². The van der Waals surface area contributed by atoms with Crippen molar-refractivity contribution < 1.29 is 14.3 Å². The fraction of sp³-hybridized carbons (Fsp3) is 0.381. The van der Waals surface area contributed by atoms with E-state index in [1.165, 1.54) is 0 Å². The van der Waals surface area contributed by atoms with Crippen LogP contribution < -0.4 is 15.2 Å². The van der Waals surface area contributed by atoms with Gasteiger partial charge in [0.05, 0.1) is 6.54 Å². The number of carbonyl (C=O) groups excluding carboxylic acids is 1. The third-order valence-electron chi connectivity index (χ3n) is 4.50. The second kappa shape index (κ2) is 8.61. The van der Waals surface area contributed by atoms with Gasteiger partial charge in [0.15, 0.2) is 17.6 Å². The molecule has 1 unspecified atom stereocenters. The van der Waals surface area contributed by atoms with Gasteiger partial charge in [-0.15, -0.1) is 0 Å². The van der Waals surface area contributed by atoms with Crippen LogP contribution in [0.5, 0.6) is 11.5 Å². The van der Waals surface area contributed by atoms with E-state index < -0.39 is 0 Å². The number of benzene rings is 2. The zero-order chi connectivity index (χ0) is 18.4. The lowest BCUT2D eigenvalue weighted by molar-refractivity contribution is -0.132. The number of nitrogens with zero attached hydrogens (tertiary/aromatic N) is 1. The molecule has 0 spiro atoms. The van der Waals surface area contributed by atoms with Crippen LogP contribution in [0, 0.1) is 0 Å². The summed E-state index contributed by atoms with van der Waals surface area (Å²) in [6, 6.07) is 15.3. The lowest BCUT2D eigenvalue weighted by Crippen LogP contribution is -2.44. The Kier molecular flexibility index (Phi) is 6.00. The zero-order valence-electron chi connectivity index (χ0n) is 15.2. The third-order valence-corrected chi connectivity index (χ3v) is 4.50. The van der Waals surface area contributed by atoms with Crippen LogP contribution >= 0.6 is 0 Å². The van der Waals surface area contributed by atoms with Crippen molar-refractivity contribution in [3.8, 4) is 11.5 Å². The van der Waals surface area contributed by atoms with E-state index in [4.69, 9.17) is 15.2 Å². The van der Waals surface area contributed by atoms with Crippen LogP contribution in [-0.2, 0) is 11.2 Å². The quantitative estimate of drug-likeness (QED) is 0.775. The molecular formula is C21H26N2O3. The number of ether oxygens (including phenoxy) is 2. The predicted octanol–water partition coefficient (Wildman–Crippen LogP) is 3.28. The molecule has 0 fully saturated rings. The monoisotopic (exact) mass is 354 g/mol. The van der Waals surface area contributed by atoms with Crippen molar-refractivity contribution in [2.45, 2.75) is 32.3 Å². The molecule has 2 aromatic carbocycles. The number of nitrogen functional groups attached to an aromatic ring is 1. The minimum atomic E-state index is -0.151. The van der Waals surface area contributed by atoms with E-state index in [1.54, 1.807) is 0 Å². The average Bonchev–Trinajstić information content (AvgIpc) is 2.66. The van der Waals surface area contributed by atoms with Crippen molar-refractivity contribution in [1.82, 2.24) is 4.90 Å². The van der Waals surface area contributed by atoms with Crippen LogP contribution in [0.15, 0.2) is 48.5 Å². The summed E-state index contributed by atoms with van der Waals surface area (Å²) < 4.78 is 11.8. The largest absolute Gasteiger partial charge is 0.486 e. The third kappa shape index (κ3) is 4.48. The minimum absolute atomic E-state index is 0.123. The molecule has 0 radical (unpaired) electrons. The Hall–Kier alpha value is -2.69. The Labute approximate surface area is 154 Å². The smallest absolute Gasteiger partial charge is 0.223 e. The Morgan fingerprint density at radius 3 is 2.65 bits per heavy atom. The maximum atomic E-state index is 12.7. The summed E-state index contributed by atoms with van der Waals surface area (Å²) in [7, 11) is 0. The van der Waals surface area contributed by atoms with Gasteiger partial charge < -0.3 is 20.1 Å². The van der Waals surface area contributed by atoms with Gasteiger partial charge in [-0.1, -0.05) is 37.3 Å². The second-order valence-electron chi connectivity index (χ2n) is 6.54. The van der Waals surface area contributed by atoms with Crippen LogP contribution in [0.4, 0.5) is 5.69 Å². The number of para-hydroxylation sites is 3. The molecule has 1 aliphatic heterocycles. The summed E-state index contributed by atoms with van der Waals surface area (Å²) >= 11 is 0. The lowest BCUT2D eigenvalue weighted by atomic mass is 10.1. The molecule has 5 nitrogen and oxygen atoms in total. The molecule has 0 saturated heterocycles. The lowest BCUT2D eigenvalue weighted by Gasteiger charge is -2.31. The van der Waals surface area contributed by atoms with Gasteiger partial charge in [0.2, 0.25) is 5.91 Å². The summed E-state index contributed by atoms with van der Waals surface area (Å²) in [4.78, 5) is 14.6. The van der Waals surface area contributed by atoms with E-state index >= 15 is 0 Å². The van der Waals surface area contributed by atoms with Crippen LogP contribution in [-0.4, -0.2) is 36.6 Å². The Morgan fingerprint density at radius 1 is 1.15 bits per heavy atom. The molecule has 2 N–H and O–H groups in total. The molecule has 3 rings (SSSR count). The average molecular weight is 354 g/mol. The van der Waals surface area contributed by atoms with E-state index in [0.29, 0.717) is 32.5 Å². The van der Waals surface area contributed by atoms with E-state index in [-0.39, 0.29) is 12.0 Å². The van der Waals surface area contributed by atoms with Gasteiger partial charge in [0, 0.05) is 18.7 Å². The first-order valence-electron chi connectivity index (χ1n) is 9.17. The van der Waals surface area contributed by atoms with Crippen LogP contribution in [0.1, 0.15) is 25.3 Å². The van der Waals surface area contributed by atoms with Crippen molar-refractivity contribution in [2.24, 2.45) is 0 Å².